The summed E-state index contributed by atoms with van der Waals surface area (Å²) in [5.74, 6) is 0.645. The van der Waals surface area contributed by atoms with Gasteiger partial charge in [0.25, 0.3) is 0 Å². The Morgan fingerprint density at radius 1 is 0.682 bits per heavy atom. The van der Waals surface area contributed by atoms with Gasteiger partial charge in [-0.05, 0) is 67.2 Å². The number of hydrogen-bond donors (Lipinski definition) is 0. The molecule has 2 fully saturated rings. The predicted octanol–water partition coefficient (Wildman–Crippen LogP) is 3.67. The van der Waals surface area contributed by atoms with Crippen LogP contribution in [0.4, 0.5) is 0 Å². The highest BCUT2D eigenvalue weighted by molar-refractivity contribution is 7.11. The Morgan fingerprint density at radius 2 is 1.09 bits per heavy atom. The zero-order valence-electron chi connectivity index (χ0n) is 15.8. The minimum absolute atomic E-state index is 0.328. The van der Waals surface area contributed by atoms with Crippen LogP contribution in [0.1, 0.15) is 75.2 Å². The molecule has 0 radical (unpaired) electrons. The summed E-state index contributed by atoms with van der Waals surface area (Å²) in [7, 11) is -0.960. The summed E-state index contributed by atoms with van der Waals surface area (Å²) in [5.41, 5.74) is -1.43. The predicted molar refractivity (Wildman–Crippen MR) is 90.6 cm³/mol. The molecule has 1 unspecified atom stereocenters. The van der Waals surface area contributed by atoms with Crippen molar-refractivity contribution in [2.45, 2.75) is 97.6 Å². The minimum Gasteiger partial charge on any atom is -0.405 e. The molecule has 2 aliphatic heterocycles. The van der Waals surface area contributed by atoms with Crippen LogP contribution < -0.4 is 0 Å². The van der Waals surface area contributed by atoms with Gasteiger partial charge in [0.15, 0.2) is 0 Å². The molecule has 0 N–H and O–H groups in total. The molecule has 4 nitrogen and oxygen atoms in total. The van der Waals surface area contributed by atoms with Crippen molar-refractivity contribution in [2.24, 2.45) is 5.92 Å². The van der Waals surface area contributed by atoms with Crippen LogP contribution in [-0.4, -0.2) is 36.4 Å². The third-order valence-electron chi connectivity index (χ3n) is 5.75. The van der Waals surface area contributed by atoms with Gasteiger partial charge in [-0.3, -0.25) is 0 Å². The fourth-order valence-electron chi connectivity index (χ4n) is 2.87. The van der Waals surface area contributed by atoms with Gasteiger partial charge in [-0.15, -0.1) is 0 Å². The fourth-order valence-corrected chi connectivity index (χ4v) is 2.87. The second-order valence-corrected chi connectivity index (χ2v) is 8.90. The maximum absolute atomic E-state index is 6.31. The third-order valence-corrected chi connectivity index (χ3v) is 5.75. The van der Waals surface area contributed by atoms with E-state index >= 15 is 0 Å². The van der Waals surface area contributed by atoms with Gasteiger partial charge >= 0.3 is 14.0 Å². The first-order valence-electron chi connectivity index (χ1n) is 8.51. The van der Waals surface area contributed by atoms with Gasteiger partial charge in [0.1, 0.15) is 0 Å². The maximum atomic E-state index is 6.31. The van der Waals surface area contributed by atoms with Gasteiger partial charge in [-0.2, -0.15) is 0 Å². The van der Waals surface area contributed by atoms with E-state index in [0.717, 1.165) is 12.8 Å². The van der Waals surface area contributed by atoms with Crippen molar-refractivity contribution in [2.75, 3.05) is 0 Å². The van der Waals surface area contributed by atoms with Gasteiger partial charge in [0.05, 0.1) is 22.4 Å². The average molecular weight is 310 g/mol. The lowest BCUT2D eigenvalue weighted by Crippen LogP contribution is -2.45. The molecule has 0 aliphatic carbocycles. The first kappa shape index (κ1) is 18.3. The average Bonchev–Trinajstić information content (AvgIpc) is 2.69. The van der Waals surface area contributed by atoms with Crippen LogP contribution >= 0.6 is 0 Å². The Hall–Kier alpha value is -0.0301. The molecule has 126 valence electrons. The monoisotopic (exact) mass is 310 g/mol. The smallest absolute Gasteiger partial charge is 0.405 e. The van der Waals surface area contributed by atoms with Crippen LogP contribution in [0, 0.1) is 5.92 Å². The molecule has 0 amide bonds. The normalized spacial score (nSPS) is 33.0. The van der Waals surface area contributed by atoms with Crippen LogP contribution in [-0.2, 0) is 18.6 Å². The largest absolute Gasteiger partial charge is 0.488 e. The second kappa shape index (κ2) is 5.51. The highest BCUT2D eigenvalue weighted by atomic mass is 16.7. The standard InChI is InChI=1S/C16H32B2O4/c1-12(2)10-11-16(9)15(7,8)21-18(22-16)17-19-13(3,4)14(5,6)20-17/h12H,10-11H2,1-9H3. The summed E-state index contributed by atoms with van der Waals surface area (Å²) in [6.07, 6.45) is 2.08. The molecule has 2 heterocycles. The van der Waals surface area contributed by atoms with E-state index in [1.807, 2.05) is 27.7 Å². The summed E-state index contributed by atoms with van der Waals surface area (Å²) in [4.78, 5) is 0. The Balaban J connectivity index is 2.10. The van der Waals surface area contributed by atoms with Crippen molar-refractivity contribution in [1.82, 2.24) is 0 Å². The van der Waals surface area contributed by atoms with E-state index in [9.17, 15) is 0 Å². The van der Waals surface area contributed by atoms with E-state index in [2.05, 4.69) is 34.6 Å². The van der Waals surface area contributed by atoms with Gasteiger partial charge < -0.3 is 18.6 Å². The van der Waals surface area contributed by atoms with Crippen molar-refractivity contribution in [3.63, 3.8) is 0 Å². The second-order valence-electron chi connectivity index (χ2n) is 8.90. The van der Waals surface area contributed by atoms with Crippen LogP contribution in [0.3, 0.4) is 0 Å². The molecular weight excluding hydrogens is 278 g/mol. The van der Waals surface area contributed by atoms with Crippen molar-refractivity contribution in [3.8, 4) is 0 Å². The van der Waals surface area contributed by atoms with Crippen LogP contribution in [0.15, 0.2) is 0 Å². The number of rotatable bonds is 4. The summed E-state index contributed by atoms with van der Waals surface area (Å²) in [6, 6.07) is 0. The summed E-state index contributed by atoms with van der Waals surface area (Å²) >= 11 is 0. The lowest BCUT2D eigenvalue weighted by molar-refractivity contribution is -0.0189. The summed E-state index contributed by atoms with van der Waals surface area (Å²) < 4.78 is 24.7. The van der Waals surface area contributed by atoms with E-state index in [1.165, 1.54) is 0 Å². The van der Waals surface area contributed by atoms with Crippen molar-refractivity contribution in [1.29, 1.82) is 0 Å². The van der Waals surface area contributed by atoms with E-state index < -0.39 is 14.0 Å². The molecule has 0 bridgehead atoms. The minimum atomic E-state index is -0.481. The molecule has 2 aliphatic rings. The molecule has 6 heteroatoms. The molecule has 2 rings (SSSR count). The van der Waals surface area contributed by atoms with E-state index in [0.29, 0.717) is 5.92 Å². The van der Waals surface area contributed by atoms with Crippen LogP contribution in [0.5, 0.6) is 0 Å². The molecule has 0 aromatic rings. The first-order chi connectivity index (χ1) is 9.80. The van der Waals surface area contributed by atoms with Crippen molar-refractivity contribution >= 4 is 14.0 Å². The van der Waals surface area contributed by atoms with Gasteiger partial charge in [0, 0.05) is 0 Å². The van der Waals surface area contributed by atoms with Crippen molar-refractivity contribution < 1.29 is 18.6 Å². The summed E-state index contributed by atoms with van der Waals surface area (Å²) in [6.45, 7) is 19.0. The van der Waals surface area contributed by atoms with Gasteiger partial charge in [-0.1, -0.05) is 13.8 Å². The van der Waals surface area contributed by atoms with E-state index in [4.69, 9.17) is 18.6 Å². The van der Waals surface area contributed by atoms with Crippen LogP contribution in [0.2, 0.25) is 0 Å². The Kier molecular flexibility index (Phi) is 4.58. The summed E-state index contributed by atoms with van der Waals surface area (Å²) in [5, 5.41) is 0. The third kappa shape index (κ3) is 3.12. The zero-order chi connectivity index (χ0) is 17.0. The maximum Gasteiger partial charge on any atom is 0.488 e. The lowest BCUT2D eigenvalue weighted by Gasteiger charge is -2.37. The Bertz CT molecular complexity index is 406. The topological polar surface area (TPSA) is 36.9 Å². The molecule has 0 aromatic heterocycles. The molecule has 22 heavy (non-hydrogen) atoms. The SMILES string of the molecule is CC(C)CCC1(C)OB(B2OC(C)(C)C(C)(C)O2)OC1(C)C. The Labute approximate surface area is 136 Å². The van der Waals surface area contributed by atoms with E-state index in [1.54, 1.807) is 0 Å². The molecule has 2 saturated heterocycles. The molecular formula is C16H32B2O4. The molecule has 1 atom stereocenters. The highest BCUT2D eigenvalue weighted by Crippen LogP contribution is 2.45. The van der Waals surface area contributed by atoms with Gasteiger partial charge in [-0.25, -0.2) is 0 Å². The molecule has 0 aromatic carbocycles. The van der Waals surface area contributed by atoms with E-state index in [-0.39, 0.29) is 22.4 Å². The highest BCUT2D eigenvalue weighted by Gasteiger charge is 2.64. The zero-order valence-corrected chi connectivity index (χ0v) is 15.8. The quantitative estimate of drug-likeness (QED) is 0.743. The fraction of sp³-hybridized carbons (Fsp3) is 1.00. The number of hydrogen-bond acceptors (Lipinski definition) is 4. The first-order valence-corrected chi connectivity index (χ1v) is 8.51. The van der Waals surface area contributed by atoms with Crippen molar-refractivity contribution in [3.05, 3.63) is 0 Å². The molecule has 0 saturated carbocycles. The Morgan fingerprint density at radius 3 is 1.55 bits per heavy atom. The lowest BCUT2D eigenvalue weighted by atomic mass is 9.49. The van der Waals surface area contributed by atoms with Crippen LogP contribution in [0.25, 0.3) is 0 Å². The molecule has 0 spiro atoms. The van der Waals surface area contributed by atoms with Gasteiger partial charge in [0.2, 0.25) is 0 Å².